The summed E-state index contributed by atoms with van der Waals surface area (Å²) in [7, 11) is 0. The Hall–Kier alpha value is -2.84. The van der Waals surface area contributed by atoms with Crippen molar-refractivity contribution in [3.8, 4) is 11.8 Å². The van der Waals surface area contributed by atoms with E-state index in [9.17, 15) is 4.79 Å². The first-order valence-electron chi connectivity index (χ1n) is 10.3. The van der Waals surface area contributed by atoms with Crippen molar-refractivity contribution in [2.45, 2.75) is 39.2 Å². The van der Waals surface area contributed by atoms with E-state index in [0.717, 1.165) is 30.8 Å². The van der Waals surface area contributed by atoms with Crippen molar-refractivity contribution in [2.24, 2.45) is 0 Å². The average molecular weight is 392 g/mol. The lowest BCUT2D eigenvalue weighted by atomic mass is 10.0. The minimum Gasteiger partial charge on any atom is -0.494 e. The largest absolute Gasteiger partial charge is 0.494 e. The second kappa shape index (κ2) is 10.1. The van der Waals surface area contributed by atoms with Crippen LogP contribution in [0.1, 0.15) is 43.4 Å². The quantitative estimate of drug-likeness (QED) is 0.666. The summed E-state index contributed by atoms with van der Waals surface area (Å²) in [5.41, 5.74) is 3.32. The van der Waals surface area contributed by atoms with Gasteiger partial charge in [-0.15, -0.1) is 0 Å². The van der Waals surface area contributed by atoms with E-state index in [1.165, 1.54) is 11.1 Å². The third-order valence-corrected chi connectivity index (χ3v) is 5.37. The molecule has 1 heterocycles. The number of aryl methyl sites for hydroxylation is 1. The molecular weight excluding hydrogens is 362 g/mol. The van der Waals surface area contributed by atoms with Crippen molar-refractivity contribution in [2.75, 3.05) is 31.1 Å². The second-order valence-corrected chi connectivity index (χ2v) is 7.42. The Bertz CT molecular complexity index is 840. The molecule has 1 fully saturated rings. The summed E-state index contributed by atoms with van der Waals surface area (Å²) in [6.07, 6.45) is 2.46. The molecule has 0 radical (unpaired) electrons. The van der Waals surface area contributed by atoms with Crippen LogP contribution in [0.2, 0.25) is 0 Å². The summed E-state index contributed by atoms with van der Waals surface area (Å²) in [6, 6.07) is 18.6. The van der Waals surface area contributed by atoms with Gasteiger partial charge in [-0.1, -0.05) is 29.8 Å². The van der Waals surface area contributed by atoms with Crippen molar-refractivity contribution in [3.63, 3.8) is 0 Å². The summed E-state index contributed by atoms with van der Waals surface area (Å²) < 4.78 is 5.50. The zero-order valence-electron chi connectivity index (χ0n) is 17.3. The molecule has 1 aliphatic rings. The first kappa shape index (κ1) is 20.9. The predicted octanol–water partition coefficient (Wildman–Crippen LogP) is 4.48. The van der Waals surface area contributed by atoms with Crippen LogP contribution in [0, 0.1) is 18.3 Å². The number of benzene rings is 2. The highest BCUT2D eigenvalue weighted by Gasteiger charge is 2.29. The van der Waals surface area contributed by atoms with Crippen molar-refractivity contribution < 1.29 is 9.53 Å². The third-order valence-electron chi connectivity index (χ3n) is 5.37. The number of rotatable bonds is 8. The molecular formula is C24H29N3O2. The van der Waals surface area contributed by atoms with E-state index >= 15 is 0 Å². The number of anilines is 1. The van der Waals surface area contributed by atoms with Gasteiger partial charge in [-0.25, -0.2) is 0 Å². The number of amides is 1. The van der Waals surface area contributed by atoms with Crippen molar-refractivity contribution in [1.82, 2.24) is 4.90 Å². The molecule has 1 amide bonds. The van der Waals surface area contributed by atoms with Gasteiger partial charge in [0.25, 0.3) is 0 Å². The van der Waals surface area contributed by atoms with Crippen molar-refractivity contribution in [1.29, 1.82) is 5.26 Å². The SMILES string of the molecule is CCOc1ccc(N(CCC#N)C(=O)CN2CCCC2c2ccc(C)cc2)cc1. The van der Waals surface area contributed by atoms with Crippen molar-refractivity contribution in [3.05, 3.63) is 59.7 Å². The summed E-state index contributed by atoms with van der Waals surface area (Å²) in [5.74, 6) is 0.811. The molecule has 1 aliphatic heterocycles. The molecule has 5 heteroatoms. The second-order valence-electron chi connectivity index (χ2n) is 7.42. The number of nitrogens with zero attached hydrogens (tertiary/aromatic N) is 3. The Labute approximate surface area is 173 Å². The molecule has 0 bridgehead atoms. The Balaban J connectivity index is 1.73. The molecule has 0 aromatic heterocycles. The van der Waals surface area contributed by atoms with Gasteiger partial charge in [0.15, 0.2) is 0 Å². The van der Waals surface area contributed by atoms with E-state index in [4.69, 9.17) is 10.00 Å². The number of carbonyl (C=O) groups is 1. The van der Waals surface area contributed by atoms with Crippen LogP contribution in [0.15, 0.2) is 48.5 Å². The molecule has 5 nitrogen and oxygen atoms in total. The summed E-state index contributed by atoms with van der Waals surface area (Å²) >= 11 is 0. The normalized spacial score (nSPS) is 16.4. The summed E-state index contributed by atoms with van der Waals surface area (Å²) in [4.78, 5) is 17.2. The zero-order valence-corrected chi connectivity index (χ0v) is 17.3. The molecule has 1 atom stereocenters. The molecule has 0 aliphatic carbocycles. The van der Waals surface area contributed by atoms with Gasteiger partial charge < -0.3 is 9.64 Å². The molecule has 3 rings (SSSR count). The number of hydrogen-bond donors (Lipinski definition) is 0. The highest BCUT2D eigenvalue weighted by atomic mass is 16.5. The summed E-state index contributed by atoms with van der Waals surface area (Å²) in [5, 5.41) is 9.04. The van der Waals surface area contributed by atoms with Crippen LogP contribution < -0.4 is 9.64 Å². The maximum atomic E-state index is 13.2. The molecule has 0 N–H and O–H groups in total. The van der Waals surface area contributed by atoms with Gasteiger partial charge in [0.1, 0.15) is 5.75 Å². The van der Waals surface area contributed by atoms with Crippen LogP contribution in [0.3, 0.4) is 0 Å². The fraction of sp³-hybridized carbons (Fsp3) is 0.417. The van der Waals surface area contributed by atoms with E-state index in [-0.39, 0.29) is 11.9 Å². The Morgan fingerprint density at radius 1 is 1.21 bits per heavy atom. The molecule has 2 aromatic carbocycles. The lowest BCUT2D eigenvalue weighted by Gasteiger charge is -2.28. The molecule has 1 unspecified atom stereocenters. The van der Waals surface area contributed by atoms with E-state index in [2.05, 4.69) is 42.2 Å². The van der Waals surface area contributed by atoms with Gasteiger partial charge in [-0.2, -0.15) is 5.26 Å². The van der Waals surface area contributed by atoms with Gasteiger partial charge in [0, 0.05) is 18.3 Å². The highest BCUT2D eigenvalue weighted by molar-refractivity contribution is 5.95. The first-order chi connectivity index (χ1) is 14.1. The van der Waals surface area contributed by atoms with Gasteiger partial charge >= 0.3 is 0 Å². The smallest absolute Gasteiger partial charge is 0.241 e. The fourth-order valence-corrected chi connectivity index (χ4v) is 3.89. The average Bonchev–Trinajstić information content (AvgIpc) is 3.18. The molecule has 29 heavy (non-hydrogen) atoms. The first-order valence-corrected chi connectivity index (χ1v) is 10.3. The zero-order chi connectivity index (χ0) is 20.6. The summed E-state index contributed by atoms with van der Waals surface area (Å²) in [6.45, 7) is 6.30. The molecule has 0 spiro atoms. The van der Waals surface area contributed by atoms with Crippen LogP contribution in [-0.4, -0.2) is 37.0 Å². The number of nitriles is 1. The molecule has 2 aromatic rings. The maximum Gasteiger partial charge on any atom is 0.241 e. The third kappa shape index (κ3) is 5.36. The van der Waals surface area contributed by atoms with Crippen LogP contribution >= 0.6 is 0 Å². The standard InChI is InChI=1S/C24H29N3O2/c1-3-29-22-13-11-21(12-14-22)27(17-5-15-25)24(28)18-26-16-4-6-23(26)20-9-7-19(2)8-10-20/h7-14,23H,3-6,16-18H2,1-2H3. The minimum absolute atomic E-state index is 0.0309. The Kier molecular flexibility index (Phi) is 7.26. The minimum atomic E-state index is 0.0309. The molecule has 152 valence electrons. The maximum absolute atomic E-state index is 13.2. The Morgan fingerprint density at radius 3 is 2.59 bits per heavy atom. The molecule has 0 saturated carbocycles. The van der Waals surface area contributed by atoms with Crippen LogP contribution in [0.5, 0.6) is 5.75 Å². The van der Waals surface area contributed by atoms with E-state index in [1.807, 2.05) is 31.2 Å². The monoisotopic (exact) mass is 391 g/mol. The van der Waals surface area contributed by atoms with Crippen LogP contribution in [0.4, 0.5) is 5.69 Å². The van der Waals surface area contributed by atoms with E-state index < -0.39 is 0 Å². The Morgan fingerprint density at radius 2 is 1.93 bits per heavy atom. The number of hydrogen-bond acceptors (Lipinski definition) is 4. The van der Waals surface area contributed by atoms with Gasteiger partial charge in [-0.05, 0) is 63.1 Å². The highest BCUT2D eigenvalue weighted by Crippen LogP contribution is 2.32. The number of carbonyl (C=O) groups excluding carboxylic acids is 1. The predicted molar refractivity (Wildman–Crippen MR) is 115 cm³/mol. The van der Waals surface area contributed by atoms with Gasteiger partial charge in [0.05, 0.1) is 25.6 Å². The van der Waals surface area contributed by atoms with Crippen molar-refractivity contribution >= 4 is 11.6 Å². The van der Waals surface area contributed by atoms with Gasteiger partial charge in [-0.3, -0.25) is 9.69 Å². The lowest BCUT2D eigenvalue weighted by Crippen LogP contribution is -2.40. The number of ether oxygens (including phenoxy) is 1. The molecule has 1 saturated heterocycles. The van der Waals surface area contributed by atoms with Crippen LogP contribution in [0.25, 0.3) is 0 Å². The fourth-order valence-electron chi connectivity index (χ4n) is 3.89. The lowest BCUT2D eigenvalue weighted by molar-refractivity contribution is -0.120. The van der Waals surface area contributed by atoms with Crippen LogP contribution in [-0.2, 0) is 4.79 Å². The number of likely N-dealkylation sites (tertiary alicyclic amines) is 1. The topological polar surface area (TPSA) is 56.6 Å². The van der Waals surface area contributed by atoms with E-state index in [0.29, 0.717) is 26.1 Å². The van der Waals surface area contributed by atoms with Gasteiger partial charge in [0.2, 0.25) is 5.91 Å². The van der Waals surface area contributed by atoms with E-state index in [1.54, 1.807) is 4.90 Å².